The van der Waals surface area contributed by atoms with Gasteiger partial charge >= 0.3 is 0 Å². The number of rotatable bonds is 4. The second-order valence-corrected chi connectivity index (χ2v) is 11.3. The molecule has 1 amide bonds. The van der Waals surface area contributed by atoms with E-state index in [1.165, 1.54) is 12.1 Å². The summed E-state index contributed by atoms with van der Waals surface area (Å²) in [5, 5.41) is -0.519. The van der Waals surface area contributed by atoms with Gasteiger partial charge in [-0.3, -0.25) is 4.79 Å². The lowest BCUT2D eigenvalue weighted by Gasteiger charge is -2.22. The van der Waals surface area contributed by atoms with Crippen LogP contribution in [0.15, 0.2) is 17.0 Å². The Bertz CT molecular complexity index is 934. The van der Waals surface area contributed by atoms with Gasteiger partial charge in [0, 0.05) is 11.8 Å². The van der Waals surface area contributed by atoms with Gasteiger partial charge in [0.05, 0.1) is 10.1 Å². The molecule has 25 heavy (non-hydrogen) atoms. The number of fused-ring (bicyclic) bond motifs is 2. The van der Waals surface area contributed by atoms with Crippen LogP contribution in [0.3, 0.4) is 0 Å². The van der Waals surface area contributed by atoms with Gasteiger partial charge in [-0.05, 0) is 68.2 Å². The van der Waals surface area contributed by atoms with Crippen molar-refractivity contribution in [3.05, 3.63) is 28.8 Å². The van der Waals surface area contributed by atoms with Crippen molar-refractivity contribution < 1.29 is 21.6 Å². The molecule has 6 nitrogen and oxygen atoms in total. The van der Waals surface area contributed by atoms with E-state index in [0.29, 0.717) is 23.5 Å². The van der Waals surface area contributed by atoms with E-state index < -0.39 is 31.0 Å². The summed E-state index contributed by atoms with van der Waals surface area (Å²) in [5.74, 6) is -0.186. The first-order valence-corrected chi connectivity index (χ1v) is 11.8. The third-order valence-corrected chi connectivity index (χ3v) is 8.56. The van der Waals surface area contributed by atoms with E-state index in [4.69, 9.17) is 0 Å². The van der Waals surface area contributed by atoms with Crippen LogP contribution in [0.2, 0.25) is 0 Å². The van der Waals surface area contributed by atoms with Gasteiger partial charge in [0.15, 0.2) is 9.84 Å². The van der Waals surface area contributed by atoms with Gasteiger partial charge in [-0.25, -0.2) is 21.6 Å². The van der Waals surface area contributed by atoms with E-state index in [1.54, 1.807) is 13.8 Å². The first-order chi connectivity index (χ1) is 11.5. The highest BCUT2D eigenvalue weighted by atomic mass is 32.2. The Hall–Kier alpha value is -1.41. The second kappa shape index (κ2) is 6.09. The molecule has 0 heterocycles. The van der Waals surface area contributed by atoms with E-state index in [0.717, 1.165) is 25.5 Å². The number of aryl methyl sites for hydroxylation is 1. The minimum absolute atomic E-state index is 0.0121. The van der Waals surface area contributed by atoms with Crippen molar-refractivity contribution >= 4 is 25.8 Å². The predicted octanol–water partition coefficient (Wildman–Crippen LogP) is 1.96. The van der Waals surface area contributed by atoms with Crippen LogP contribution in [0.25, 0.3) is 0 Å². The summed E-state index contributed by atoms with van der Waals surface area (Å²) in [7, 11) is -7.26. The number of hydrogen-bond acceptors (Lipinski definition) is 5. The Morgan fingerprint density at radius 3 is 2.28 bits per heavy atom. The molecule has 3 rings (SSSR count). The summed E-state index contributed by atoms with van der Waals surface area (Å²) >= 11 is 0. The van der Waals surface area contributed by atoms with Crippen LogP contribution in [0.4, 0.5) is 0 Å². The van der Waals surface area contributed by atoms with Crippen molar-refractivity contribution in [1.29, 1.82) is 0 Å². The van der Waals surface area contributed by atoms with Crippen LogP contribution >= 0.6 is 0 Å². The molecule has 0 spiro atoms. The molecule has 1 aromatic rings. The minimum Gasteiger partial charge on any atom is -0.268 e. The highest BCUT2D eigenvalue weighted by Gasteiger charge is 2.46. The average molecular weight is 386 g/mol. The van der Waals surface area contributed by atoms with Gasteiger partial charge in [-0.2, -0.15) is 0 Å². The van der Waals surface area contributed by atoms with Crippen LogP contribution in [-0.2, 0) is 19.9 Å². The molecule has 0 saturated heterocycles. The number of benzene rings is 1. The van der Waals surface area contributed by atoms with Crippen molar-refractivity contribution in [3.63, 3.8) is 0 Å². The Kier molecular flexibility index (Phi) is 4.48. The van der Waals surface area contributed by atoms with Gasteiger partial charge in [0.1, 0.15) is 0 Å². The van der Waals surface area contributed by atoms with Crippen molar-refractivity contribution in [3.8, 4) is 0 Å². The Balaban J connectivity index is 1.90. The smallest absolute Gasteiger partial charge is 0.265 e. The summed E-state index contributed by atoms with van der Waals surface area (Å²) < 4.78 is 51.1. The number of sulfonamides is 1. The van der Waals surface area contributed by atoms with Gasteiger partial charge in [0.2, 0.25) is 10.0 Å². The topological polar surface area (TPSA) is 97.4 Å². The highest BCUT2D eigenvalue weighted by molar-refractivity contribution is 7.91. The molecular weight excluding hydrogens is 362 g/mol. The number of carbonyl (C=O) groups excluding carboxylic acids is 1. The molecule has 1 unspecified atom stereocenters. The van der Waals surface area contributed by atoms with Gasteiger partial charge in [0.25, 0.3) is 5.91 Å². The zero-order valence-electron chi connectivity index (χ0n) is 14.6. The molecule has 138 valence electrons. The average Bonchev–Trinajstić information content (AvgIpc) is 3.11. The summed E-state index contributed by atoms with van der Waals surface area (Å²) in [6.07, 6.45) is 4.55. The lowest BCUT2D eigenvalue weighted by atomic mass is 10.0. The van der Waals surface area contributed by atoms with E-state index in [-0.39, 0.29) is 16.4 Å². The van der Waals surface area contributed by atoms with E-state index in [9.17, 15) is 21.6 Å². The van der Waals surface area contributed by atoms with Crippen LogP contribution in [0.1, 0.15) is 47.2 Å². The summed E-state index contributed by atoms with van der Waals surface area (Å²) in [4.78, 5) is 12.6. The number of amides is 1. The van der Waals surface area contributed by atoms with Crippen LogP contribution < -0.4 is 4.72 Å². The van der Waals surface area contributed by atoms with E-state index in [2.05, 4.69) is 4.72 Å². The second-order valence-electron chi connectivity index (χ2n) is 7.37. The number of hydrogen-bond donors (Lipinski definition) is 1. The van der Waals surface area contributed by atoms with Gasteiger partial charge in [-0.1, -0.05) is 6.42 Å². The summed E-state index contributed by atoms with van der Waals surface area (Å²) in [6, 6.07) is 2.75. The molecule has 0 aliphatic heterocycles. The fourth-order valence-electron chi connectivity index (χ4n) is 4.10. The molecule has 1 aromatic carbocycles. The van der Waals surface area contributed by atoms with Gasteiger partial charge < -0.3 is 0 Å². The molecule has 2 aliphatic carbocycles. The molecule has 0 aromatic heterocycles. The quantitative estimate of drug-likeness (QED) is 0.854. The third kappa shape index (κ3) is 3.46. The maximum Gasteiger partial charge on any atom is 0.265 e. The van der Waals surface area contributed by atoms with E-state index >= 15 is 0 Å². The number of sulfone groups is 1. The lowest BCUT2D eigenvalue weighted by Crippen LogP contribution is -2.41. The maximum absolute atomic E-state index is 12.6. The molecule has 0 radical (unpaired) electrons. The fraction of sp³-hybridized carbons (Fsp3) is 0.588. The Morgan fingerprint density at radius 2 is 1.76 bits per heavy atom. The lowest BCUT2D eigenvalue weighted by molar-refractivity contribution is 0.0980. The molecular formula is C17H23NO5S2. The third-order valence-electron chi connectivity index (χ3n) is 5.62. The van der Waals surface area contributed by atoms with Crippen molar-refractivity contribution in [2.75, 3.05) is 6.26 Å². The normalized spacial score (nSPS) is 26.0. The maximum atomic E-state index is 12.6. The first kappa shape index (κ1) is 18.4. The zero-order chi connectivity index (χ0) is 18.6. The summed E-state index contributed by atoms with van der Waals surface area (Å²) in [6.45, 7) is 3.38. The molecule has 2 saturated carbocycles. The standard InChI is InChI=1S/C17H23NO5S2/c1-10-6-14(24(3,20)21)9-15(11(10)2)17(19)18-25(22,23)16-8-12-4-5-13(16)7-12/h6,9,12-13,16H,4-5,7-8H2,1-3H3,(H,18,19)/t12-,13+,16?/m1/s1. The van der Waals surface area contributed by atoms with Crippen molar-refractivity contribution in [2.24, 2.45) is 11.8 Å². The number of carbonyl (C=O) groups is 1. The molecule has 2 aliphatic rings. The van der Waals surface area contributed by atoms with Crippen LogP contribution in [0, 0.1) is 25.7 Å². The monoisotopic (exact) mass is 385 g/mol. The molecule has 3 atom stereocenters. The SMILES string of the molecule is Cc1cc(S(C)(=O)=O)cc(C(=O)NS(=O)(=O)C2C[C@@H]3CC[C@H]2C3)c1C. The minimum atomic E-state index is -3.77. The molecule has 2 bridgehead atoms. The number of nitrogens with one attached hydrogen (secondary N) is 1. The Labute approximate surface area is 149 Å². The van der Waals surface area contributed by atoms with Crippen LogP contribution in [-0.4, -0.2) is 34.2 Å². The molecule has 2 fully saturated rings. The van der Waals surface area contributed by atoms with Crippen molar-refractivity contribution in [1.82, 2.24) is 4.72 Å². The van der Waals surface area contributed by atoms with E-state index in [1.807, 2.05) is 0 Å². The molecule has 8 heteroatoms. The largest absolute Gasteiger partial charge is 0.268 e. The molecule has 1 N–H and O–H groups in total. The van der Waals surface area contributed by atoms with Crippen LogP contribution in [0.5, 0.6) is 0 Å². The summed E-state index contributed by atoms with van der Waals surface area (Å²) in [5.41, 5.74) is 1.30. The first-order valence-electron chi connectivity index (χ1n) is 8.36. The Morgan fingerprint density at radius 1 is 1.08 bits per heavy atom. The fourth-order valence-corrected chi connectivity index (χ4v) is 6.62. The zero-order valence-corrected chi connectivity index (χ0v) is 16.2. The van der Waals surface area contributed by atoms with Gasteiger partial charge in [-0.15, -0.1) is 0 Å². The van der Waals surface area contributed by atoms with Crippen molar-refractivity contribution in [2.45, 2.75) is 49.7 Å². The highest BCUT2D eigenvalue weighted by Crippen LogP contribution is 2.47. The predicted molar refractivity (Wildman–Crippen MR) is 94.6 cm³/mol.